The van der Waals surface area contributed by atoms with Crippen molar-refractivity contribution in [2.75, 3.05) is 7.11 Å². The molecule has 0 spiro atoms. The molecule has 0 bridgehead atoms. The van der Waals surface area contributed by atoms with E-state index >= 15 is 0 Å². The fraction of sp³-hybridized carbons (Fsp3) is 0.231. The highest BCUT2D eigenvalue weighted by molar-refractivity contribution is 7.98. The Hall–Kier alpha value is -2.25. The van der Waals surface area contributed by atoms with Crippen LogP contribution < -0.4 is 4.74 Å². The fourth-order valence-corrected chi connectivity index (χ4v) is 6.42. The van der Waals surface area contributed by atoms with E-state index in [1.54, 1.807) is 43.4 Å². The van der Waals surface area contributed by atoms with Crippen LogP contribution in [0.15, 0.2) is 60.0 Å². The minimum absolute atomic E-state index is 0.0879. The third-order valence-corrected chi connectivity index (χ3v) is 8.08. The lowest BCUT2D eigenvalue weighted by atomic mass is 9.84. The van der Waals surface area contributed by atoms with Gasteiger partial charge in [-0.3, -0.25) is 9.55 Å². The molecule has 2 aromatic heterocycles. The van der Waals surface area contributed by atoms with Crippen molar-refractivity contribution in [3.05, 3.63) is 98.3 Å². The Kier molecular flexibility index (Phi) is 7.26. The second kappa shape index (κ2) is 10.4. The van der Waals surface area contributed by atoms with E-state index in [4.69, 9.17) is 44.5 Å². The highest BCUT2D eigenvalue weighted by Gasteiger charge is 2.30. The topological polar surface area (TPSA) is 39.9 Å². The van der Waals surface area contributed by atoms with Crippen molar-refractivity contribution in [3.8, 4) is 11.4 Å². The summed E-state index contributed by atoms with van der Waals surface area (Å²) in [5.74, 6) is 0.966. The lowest BCUT2D eigenvalue weighted by Gasteiger charge is -2.26. The monoisotopic (exact) mass is 547 g/mol. The normalized spacial score (nSPS) is 15.2. The Labute approximate surface area is 222 Å². The second-order valence-electron chi connectivity index (χ2n) is 8.25. The Balaban J connectivity index is 1.62. The van der Waals surface area contributed by atoms with Gasteiger partial charge in [-0.2, -0.15) is 0 Å². The number of pyridine rings is 1. The van der Waals surface area contributed by atoms with E-state index in [1.807, 2.05) is 18.2 Å². The molecule has 1 atom stereocenters. The highest BCUT2D eigenvalue weighted by atomic mass is 35.5. The zero-order chi connectivity index (χ0) is 24.5. The molecule has 9 heteroatoms. The summed E-state index contributed by atoms with van der Waals surface area (Å²) in [6.45, 7) is 0. The molecule has 5 rings (SSSR count). The summed E-state index contributed by atoms with van der Waals surface area (Å²) in [5.41, 5.74) is 4.89. The molecule has 0 saturated heterocycles. The SMILES string of the molecule is COc1cc(C2CCCc3nc(SCc4c(Cl)cncc4Cl)n(-c4ccc(F)cc4)c32)ccc1Cl. The molecule has 2 aromatic carbocycles. The van der Waals surface area contributed by atoms with Crippen molar-refractivity contribution >= 4 is 46.6 Å². The van der Waals surface area contributed by atoms with E-state index in [2.05, 4.69) is 9.55 Å². The summed E-state index contributed by atoms with van der Waals surface area (Å²) in [6.07, 6.45) is 6.01. The zero-order valence-electron chi connectivity index (χ0n) is 18.8. The molecule has 0 aliphatic heterocycles. The molecule has 0 saturated carbocycles. The zero-order valence-corrected chi connectivity index (χ0v) is 21.9. The van der Waals surface area contributed by atoms with Crippen LogP contribution >= 0.6 is 46.6 Å². The van der Waals surface area contributed by atoms with Crippen LogP contribution in [0.4, 0.5) is 4.39 Å². The predicted molar refractivity (Wildman–Crippen MR) is 140 cm³/mol. The summed E-state index contributed by atoms with van der Waals surface area (Å²) >= 11 is 20.6. The van der Waals surface area contributed by atoms with Crippen molar-refractivity contribution < 1.29 is 9.13 Å². The van der Waals surface area contributed by atoms with Crippen LogP contribution in [0.5, 0.6) is 5.75 Å². The number of methoxy groups -OCH3 is 1. The molecule has 0 N–H and O–H groups in total. The lowest BCUT2D eigenvalue weighted by molar-refractivity contribution is 0.414. The van der Waals surface area contributed by atoms with Crippen LogP contribution in [0.3, 0.4) is 0 Å². The van der Waals surface area contributed by atoms with Crippen LogP contribution in [0.2, 0.25) is 15.1 Å². The van der Waals surface area contributed by atoms with Crippen LogP contribution in [-0.2, 0) is 12.2 Å². The number of aromatic nitrogens is 3. The smallest absolute Gasteiger partial charge is 0.173 e. The Bertz CT molecular complexity index is 1360. The largest absolute Gasteiger partial charge is 0.495 e. The van der Waals surface area contributed by atoms with Crippen molar-refractivity contribution in [1.82, 2.24) is 14.5 Å². The molecule has 2 heterocycles. The third-order valence-electron chi connectivity index (χ3n) is 6.16. The van der Waals surface area contributed by atoms with Crippen LogP contribution in [0.1, 0.15) is 41.3 Å². The van der Waals surface area contributed by atoms with Gasteiger partial charge >= 0.3 is 0 Å². The number of hydrogen-bond donors (Lipinski definition) is 0. The number of fused-ring (bicyclic) bond motifs is 1. The molecule has 4 aromatic rings. The Morgan fingerprint density at radius 3 is 2.51 bits per heavy atom. The van der Waals surface area contributed by atoms with Gasteiger partial charge in [-0.05, 0) is 61.2 Å². The average molecular weight is 549 g/mol. The summed E-state index contributed by atoms with van der Waals surface area (Å²) in [5, 5.41) is 2.40. The van der Waals surface area contributed by atoms with Gasteiger partial charge in [0.2, 0.25) is 0 Å². The number of hydrogen-bond acceptors (Lipinski definition) is 4. The number of imidazole rings is 1. The van der Waals surface area contributed by atoms with Crippen LogP contribution in [-0.4, -0.2) is 21.6 Å². The molecule has 180 valence electrons. The number of ether oxygens (including phenoxy) is 1. The van der Waals surface area contributed by atoms with E-state index in [1.165, 1.54) is 12.1 Å². The van der Waals surface area contributed by atoms with E-state index in [0.29, 0.717) is 26.6 Å². The Morgan fingerprint density at radius 1 is 1.06 bits per heavy atom. The summed E-state index contributed by atoms with van der Waals surface area (Å²) in [7, 11) is 1.62. The maximum absolute atomic E-state index is 13.8. The van der Waals surface area contributed by atoms with Crippen molar-refractivity contribution in [3.63, 3.8) is 0 Å². The molecular weight excluding hydrogens is 528 g/mol. The highest BCUT2D eigenvalue weighted by Crippen LogP contribution is 2.43. The number of halogens is 4. The van der Waals surface area contributed by atoms with E-state index in [0.717, 1.165) is 52.6 Å². The maximum Gasteiger partial charge on any atom is 0.173 e. The molecule has 4 nitrogen and oxygen atoms in total. The minimum Gasteiger partial charge on any atom is -0.495 e. The van der Waals surface area contributed by atoms with Gasteiger partial charge in [-0.1, -0.05) is 52.6 Å². The van der Waals surface area contributed by atoms with Gasteiger partial charge in [0.1, 0.15) is 11.6 Å². The first-order chi connectivity index (χ1) is 17.0. The number of aryl methyl sites for hydroxylation is 1. The number of nitrogens with zero attached hydrogens (tertiary/aromatic N) is 3. The first-order valence-corrected chi connectivity index (χ1v) is 13.2. The third kappa shape index (κ3) is 4.90. The van der Waals surface area contributed by atoms with Gasteiger partial charge < -0.3 is 4.74 Å². The number of rotatable bonds is 6. The van der Waals surface area contributed by atoms with Gasteiger partial charge in [0.25, 0.3) is 0 Å². The van der Waals surface area contributed by atoms with Crippen molar-refractivity contribution in [2.45, 2.75) is 36.1 Å². The molecule has 1 aliphatic carbocycles. The van der Waals surface area contributed by atoms with Crippen LogP contribution in [0, 0.1) is 5.82 Å². The minimum atomic E-state index is -0.286. The second-order valence-corrected chi connectivity index (χ2v) is 10.4. The van der Waals surface area contributed by atoms with E-state index in [9.17, 15) is 4.39 Å². The first kappa shape index (κ1) is 24.4. The molecule has 1 unspecified atom stereocenters. The molecule has 0 fully saturated rings. The van der Waals surface area contributed by atoms with E-state index in [-0.39, 0.29) is 11.7 Å². The summed E-state index contributed by atoms with van der Waals surface area (Å²) < 4.78 is 21.4. The van der Waals surface area contributed by atoms with Gasteiger partial charge in [-0.25, -0.2) is 9.37 Å². The van der Waals surface area contributed by atoms with Crippen molar-refractivity contribution in [2.24, 2.45) is 0 Å². The average Bonchev–Trinajstić information content (AvgIpc) is 3.23. The van der Waals surface area contributed by atoms with Gasteiger partial charge in [-0.15, -0.1) is 0 Å². The van der Waals surface area contributed by atoms with Gasteiger partial charge in [0.15, 0.2) is 5.16 Å². The molecule has 0 amide bonds. The Morgan fingerprint density at radius 2 is 1.80 bits per heavy atom. The summed E-state index contributed by atoms with van der Waals surface area (Å²) in [4.78, 5) is 9.07. The first-order valence-electron chi connectivity index (χ1n) is 11.1. The number of thioether (sulfide) groups is 1. The van der Waals surface area contributed by atoms with Crippen LogP contribution in [0.25, 0.3) is 5.69 Å². The molecular formula is C26H21Cl3FN3OS. The van der Waals surface area contributed by atoms with Gasteiger partial charge in [0, 0.05) is 35.3 Å². The van der Waals surface area contributed by atoms with E-state index < -0.39 is 0 Å². The van der Waals surface area contributed by atoms with Crippen molar-refractivity contribution in [1.29, 1.82) is 0 Å². The maximum atomic E-state index is 13.8. The molecule has 35 heavy (non-hydrogen) atoms. The number of benzene rings is 2. The standard InChI is InChI=1S/C26H21Cl3FN3OS/c1-34-24-11-15(5-10-20(24)27)18-3-2-4-23-25(18)33(17-8-6-16(30)7-9-17)26(32-23)35-14-19-21(28)12-31-13-22(19)29/h5-13,18H,2-4,14H2,1H3. The predicted octanol–water partition coefficient (Wildman–Crippen LogP) is 8.14. The quantitative estimate of drug-likeness (QED) is 0.228. The fourth-order valence-electron chi connectivity index (χ4n) is 4.47. The lowest BCUT2D eigenvalue weighted by Crippen LogP contribution is -2.15. The molecule has 0 radical (unpaired) electrons. The summed E-state index contributed by atoms with van der Waals surface area (Å²) in [6, 6.07) is 12.4. The molecule has 1 aliphatic rings. The van der Waals surface area contributed by atoms with Gasteiger partial charge in [0.05, 0.1) is 33.6 Å².